The van der Waals surface area contributed by atoms with Crippen LogP contribution in [0.3, 0.4) is 0 Å². The number of nitriles is 1. The molecule has 0 bridgehead atoms. The van der Waals surface area contributed by atoms with Crippen molar-refractivity contribution in [3.63, 3.8) is 0 Å². The van der Waals surface area contributed by atoms with Crippen molar-refractivity contribution >= 4 is 38.5 Å². The van der Waals surface area contributed by atoms with Gasteiger partial charge < -0.3 is 0 Å². The monoisotopic (exact) mass is 301 g/mol. The molecule has 0 aliphatic rings. The van der Waals surface area contributed by atoms with Crippen LogP contribution in [0.15, 0.2) is 21.6 Å². The quantitative estimate of drug-likeness (QED) is 0.375. The Morgan fingerprint density at radius 2 is 2.31 bits per heavy atom. The molecule has 1 aromatic carbocycles. The second-order valence-electron chi connectivity index (χ2n) is 2.91. The lowest BCUT2D eigenvalue weighted by atomic mass is 10.2. The topological polar surface area (TPSA) is 48.2 Å². The van der Waals surface area contributed by atoms with Crippen LogP contribution in [0.1, 0.15) is 5.56 Å². The van der Waals surface area contributed by atoms with Crippen LogP contribution in [0, 0.1) is 24.2 Å². The molecule has 0 atom stereocenters. The lowest BCUT2D eigenvalue weighted by Crippen LogP contribution is -2.12. The van der Waals surface area contributed by atoms with Gasteiger partial charge in [0.1, 0.15) is 5.69 Å². The summed E-state index contributed by atoms with van der Waals surface area (Å²) in [5.41, 5.74) is 0.713. The third-order valence-corrected chi connectivity index (χ3v) is 2.82. The van der Waals surface area contributed by atoms with E-state index in [0.717, 1.165) is 4.47 Å². The van der Waals surface area contributed by atoms with Crippen LogP contribution < -0.4 is 5.32 Å². The fraction of sp³-hybridized carbons (Fsp3) is 0.200. The van der Waals surface area contributed by atoms with Gasteiger partial charge >= 0.3 is 0 Å². The number of halogens is 2. The summed E-state index contributed by atoms with van der Waals surface area (Å²) < 4.78 is 14.4. The second-order valence-corrected chi connectivity index (χ2v) is 4.62. The molecule has 0 amide bonds. The number of benzene rings is 1. The smallest absolute Gasteiger partial charge is 0.183 e. The molecule has 0 unspecified atom stereocenters. The summed E-state index contributed by atoms with van der Waals surface area (Å²) in [5.74, 6) is -0.380. The Morgan fingerprint density at radius 3 is 2.88 bits per heavy atom. The first-order valence-electron chi connectivity index (χ1n) is 4.32. The summed E-state index contributed by atoms with van der Waals surface area (Å²) in [6.07, 6.45) is 3.51. The van der Waals surface area contributed by atoms with Crippen molar-refractivity contribution in [1.29, 1.82) is 5.26 Å². The molecule has 0 heterocycles. The maximum atomic E-state index is 13.7. The summed E-state index contributed by atoms with van der Waals surface area (Å²) in [6.45, 7) is 1.66. The number of nitrogens with zero attached hydrogens (tertiary/aromatic N) is 2. The first-order chi connectivity index (χ1) is 7.58. The molecule has 0 aliphatic heterocycles. The van der Waals surface area contributed by atoms with E-state index in [1.165, 1.54) is 11.8 Å². The first kappa shape index (κ1) is 13.0. The van der Waals surface area contributed by atoms with E-state index in [9.17, 15) is 4.39 Å². The van der Waals surface area contributed by atoms with Crippen LogP contribution in [-0.4, -0.2) is 11.4 Å². The van der Waals surface area contributed by atoms with Gasteiger partial charge in [0.25, 0.3) is 0 Å². The van der Waals surface area contributed by atoms with E-state index in [0.29, 0.717) is 10.7 Å². The van der Waals surface area contributed by atoms with E-state index in [-0.39, 0.29) is 11.5 Å². The highest BCUT2D eigenvalue weighted by molar-refractivity contribution is 9.10. The molecule has 0 aromatic heterocycles. The molecule has 6 heteroatoms. The van der Waals surface area contributed by atoms with Crippen molar-refractivity contribution < 1.29 is 4.39 Å². The second kappa shape index (κ2) is 5.87. The molecule has 1 aromatic rings. The fourth-order valence-electron chi connectivity index (χ4n) is 1.07. The minimum Gasteiger partial charge on any atom is -0.271 e. The van der Waals surface area contributed by atoms with Crippen molar-refractivity contribution in [3.8, 4) is 6.19 Å². The van der Waals surface area contributed by atoms with Crippen LogP contribution in [-0.2, 0) is 0 Å². The van der Waals surface area contributed by atoms with Gasteiger partial charge in [0.05, 0.1) is 0 Å². The number of hydrogen-bond acceptors (Lipinski definition) is 3. The fourth-order valence-corrected chi connectivity index (χ4v) is 1.97. The van der Waals surface area contributed by atoms with Crippen molar-refractivity contribution in [2.75, 3.05) is 6.26 Å². The molecule has 0 spiro atoms. The standard InChI is InChI=1S/C10H9BrFN3S/c1-6-3-7(11)4-8(9(6)12)15-10(16-2)14-5-13/h3-4H,1-2H3,(H,14,15). The maximum Gasteiger partial charge on any atom is 0.183 e. The number of hydrogen-bond donors (Lipinski definition) is 1. The van der Waals surface area contributed by atoms with E-state index < -0.39 is 0 Å². The summed E-state index contributed by atoms with van der Waals surface area (Å²) in [4.78, 5) is 4.03. The summed E-state index contributed by atoms with van der Waals surface area (Å²) >= 11 is 4.51. The molecule has 16 heavy (non-hydrogen) atoms. The molecule has 84 valence electrons. The number of thioether (sulfide) groups is 1. The predicted molar refractivity (Wildman–Crippen MR) is 68.2 cm³/mol. The average Bonchev–Trinajstić information content (AvgIpc) is 2.24. The normalized spacial score (nSPS) is 11.1. The summed E-state index contributed by atoms with van der Waals surface area (Å²) in [7, 11) is 0. The zero-order chi connectivity index (χ0) is 12.1. The Labute approximate surface area is 106 Å². The maximum absolute atomic E-state index is 13.7. The third-order valence-electron chi connectivity index (χ3n) is 1.78. The Morgan fingerprint density at radius 1 is 1.62 bits per heavy atom. The largest absolute Gasteiger partial charge is 0.271 e. The Bertz CT molecular complexity index is 468. The van der Waals surface area contributed by atoms with Gasteiger partial charge in [-0.25, -0.2) is 9.38 Å². The van der Waals surface area contributed by atoms with Crippen molar-refractivity contribution in [1.82, 2.24) is 5.32 Å². The number of aliphatic imine (C=N–C) groups is 1. The molecule has 1 N–H and O–H groups in total. The molecule has 0 saturated heterocycles. The van der Waals surface area contributed by atoms with Crippen molar-refractivity contribution in [2.24, 2.45) is 4.99 Å². The molecule has 0 radical (unpaired) electrons. The van der Waals surface area contributed by atoms with Crippen LogP contribution in [0.4, 0.5) is 10.1 Å². The van der Waals surface area contributed by atoms with Gasteiger partial charge in [-0.15, -0.1) is 0 Å². The van der Waals surface area contributed by atoms with Crippen LogP contribution in [0.5, 0.6) is 0 Å². The zero-order valence-electron chi connectivity index (χ0n) is 8.71. The highest BCUT2D eigenvalue weighted by atomic mass is 79.9. The highest BCUT2D eigenvalue weighted by Crippen LogP contribution is 2.26. The van der Waals surface area contributed by atoms with Gasteiger partial charge in [-0.1, -0.05) is 27.7 Å². The minimum absolute atomic E-state index is 0.207. The van der Waals surface area contributed by atoms with Gasteiger partial charge in [0.15, 0.2) is 17.2 Å². The lowest BCUT2D eigenvalue weighted by molar-refractivity contribution is 0.620. The van der Waals surface area contributed by atoms with E-state index in [1.54, 1.807) is 31.5 Å². The molecule has 3 nitrogen and oxygen atoms in total. The number of nitrogens with one attached hydrogen (secondary N) is 1. The van der Waals surface area contributed by atoms with E-state index >= 15 is 0 Å². The van der Waals surface area contributed by atoms with E-state index in [1.807, 2.05) is 0 Å². The first-order valence-corrected chi connectivity index (χ1v) is 6.33. The zero-order valence-corrected chi connectivity index (χ0v) is 11.1. The number of amidine groups is 1. The molecular weight excluding hydrogens is 293 g/mol. The molecule has 0 aliphatic carbocycles. The van der Waals surface area contributed by atoms with E-state index in [4.69, 9.17) is 5.26 Å². The lowest BCUT2D eigenvalue weighted by Gasteiger charge is -2.04. The SMILES string of the molecule is CSC(=Nc1cc(Br)cc(C)c1F)NC#N. The van der Waals surface area contributed by atoms with Crippen LogP contribution >= 0.6 is 27.7 Å². The molecule has 1 rings (SSSR count). The Kier molecular flexibility index (Phi) is 4.77. The van der Waals surface area contributed by atoms with Gasteiger partial charge in [0.2, 0.25) is 0 Å². The average molecular weight is 302 g/mol. The van der Waals surface area contributed by atoms with Gasteiger partial charge in [-0.2, -0.15) is 5.26 Å². The van der Waals surface area contributed by atoms with Crippen molar-refractivity contribution in [2.45, 2.75) is 6.92 Å². The third kappa shape index (κ3) is 3.22. The number of aryl methyl sites for hydroxylation is 1. The van der Waals surface area contributed by atoms with E-state index in [2.05, 4.69) is 26.2 Å². The van der Waals surface area contributed by atoms with Gasteiger partial charge in [-0.3, -0.25) is 5.32 Å². The molecule has 0 fully saturated rings. The Balaban J connectivity index is 3.18. The highest BCUT2D eigenvalue weighted by Gasteiger charge is 2.07. The summed E-state index contributed by atoms with van der Waals surface area (Å²) in [5, 5.41) is 11.2. The molecular formula is C10H9BrFN3S. The predicted octanol–water partition coefficient (Wildman–Crippen LogP) is 3.32. The van der Waals surface area contributed by atoms with Crippen LogP contribution in [0.2, 0.25) is 0 Å². The van der Waals surface area contributed by atoms with Crippen molar-refractivity contribution in [3.05, 3.63) is 28.0 Å². The van der Waals surface area contributed by atoms with Crippen LogP contribution in [0.25, 0.3) is 0 Å². The minimum atomic E-state index is -0.380. The Hall–Kier alpha value is -1.06. The van der Waals surface area contributed by atoms with Gasteiger partial charge in [0, 0.05) is 4.47 Å². The van der Waals surface area contributed by atoms with Gasteiger partial charge in [-0.05, 0) is 30.9 Å². The molecule has 0 saturated carbocycles. The summed E-state index contributed by atoms with van der Waals surface area (Å²) in [6, 6.07) is 3.24. The number of rotatable bonds is 1.